The predicted molar refractivity (Wildman–Crippen MR) is 102 cm³/mol. The smallest absolute Gasteiger partial charge is 0.287 e. The lowest BCUT2D eigenvalue weighted by atomic mass is 10.0. The Labute approximate surface area is 166 Å². The maximum atomic E-state index is 12.9. The number of carbonyl (C=O) groups is 1. The van der Waals surface area contributed by atoms with Crippen LogP contribution < -0.4 is 15.0 Å². The molecule has 0 aliphatic carbocycles. The van der Waals surface area contributed by atoms with E-state index in [9.17, 15) is 9.59 Å². The van der Waals surface area contributed by atoms with Gasteiger partial charge in [0.15, 0.2) is 0 Å². The van der Waals surface area contributed by atoms with E-state index in [0.29, 0.717) is 18.0 Å². The molecule has 0 saturated carbocycles. The van der Waals surface area contributed by atoms with Gasteiger partial charge < -0.3 is 14.4 Å². The van der Waals surface area contributed by atoms with Crippen LogP contribution in [0.4, 0.5) is 0 Å². The first-order valence-corrected chi connectivity index (χ1v) is 9.14. The van der Waals surface area contributed by atoms with Crippen LogP contribution in [0.5, 0.6) is 11.5 Å². The Balaban J connectivity index is 1.88. The van der Waals surface area contributed by atoms with Gasteiger partial charge in [0.2, 0.25) is 5.91 Å². The zero-order valence-corrected chi connectivity index (χ0v) is 16.5. The van der Waals surface area contributed by atoms with E-state index < -0.39 is 5.56 Å². The average Bonchev–Trinajstić information content (AvgIpc) is 3.17. The summed E-state index contributed by atoms with van der Waals surface area (Å²) in [7, 11) is 3.18. The SMILES string of the molecule is COc1ccc(OC)c([C@H]2CCCN2C(=O)Cn2ncc(Cl)c(Cl)c2=O)c1. The molecule has 1 saturated heterocycles. The van der Waals surface area contributed by atoms with E-state index in [4.69, 9.17) is 32.7 Å². The van der Waals surface area contributed by atoms with E-state index in [-0.39, 0.29) is 28.5 Å². The normalized spacial score (nSPS) is 16.4. The Bertz CT molecular complexity index is 916. The fourth-order valence-electron chi connectivity index (χ4n) is 3.26. The maximum absolute atomic E-state index is 12.9. The van der Waals surface area contributed by atoms with Gasteiger partial charge in [0, 0.05) is 12.1 Å². The lowest BCUT2D eigenvalue weighted by Gasteiger charge is -2.26. The topological polar surface area (TPSA) is 73.7 Å². The van der Waals surface area contributed by atoms with Gasteiger partial charge in [-0.1, -0.05) is 23.2 Å². The van der Waals surface area contributed by atoms with Crippen LogP contribution in [0, 0.1) is 0 Å². The highest BCUT2D eigenvalue weighted by Gasteiger charge is 2.32. The van der Waals surface area contributed by atoms with Gasteiger partial charge in [-0.2, -0.15) is 5.10 Å². The predicted octanol–water partition coefficient (Wildman–Crippen LogP) is 2.93. The number of rotatable bonds is 5. The highest BCUT2D eigenvalue weighted by Crippen LogP contribution is 2.39. The Kier molecular flexibility index (Phi) is 5.92. The third-order valence-corrected chi connectivity index (χ3v) is 5.34. The van der Waals surface area contributed by atoms with Gasteiger partial charge in [-0.05, 0) is 31.0 Å². The summed E-state index contributed by atoms with van der Waals surface area (Å²) in [5.41, 5.74) is 0.282. The quantitative estimate of drug-likeness (QED) is 0.755. The molecule has 1 fully saturated rings. The molecule has 9 heteroatoms. The number of ether oxygens (including phenoxy) is 2. The van der Waals surface area contributed by atoms with E-state index in [1.807, 2.05) is 18.2 Å². The van der Waals surface area contributed by atoms with Crippen LogP contribution in [-0.2, 0) is 11.3 Å². The first kappa shape index (κ1) is 19.5. The van der Waals surface area contributed by atoms with Crippen molar-refractivity contribution in [3.05, 3.63) is 50.4 Å². The van der Waals surface area contributed by atoms with Gasteiger partial charge in [0.25, 0.3) is 5.56 Å². The molecule has 144 valence electrons. The number of amides is 1. The molecular weight excluding hydrogens is 393 g/mol. The van der Waals surface area contributed by atoms with Crippen molar-refractivity contribution in [1.82, 2.24) is 14.7 Å². The second-order valence-corrected chi connectivity index (χ2v) is 6.91. The number of methoxy groups -OCH3 is 2. The molecule has 2 aromatic rings. The molecule has 0 N–H and O–H groups in total. The second kappa shape index (κ2) is 8.19. The zero-order chi connectivity index (χ0) is 19.6. The Hall–Kier alpha value is -2.25. The summed E-state index contributed by atoms with van der Waals surface area (Å²) in [5.74, 6) is 1.15. The molecule has 1 aromatic heterocycles. The van der Waals surface area contributed by atoms with Crippen molar-refractivity contribution >= 4 is 29.1 Å². The van der Waals surface area contributed by atoms with E-state index in [0.717, 1.165) is 23.1 Å². The first-order chi connectivity index (χ1) is 13.0. The number of carbonyl (C=O) groups excluding carboxylic acids is 1. The van der Waals surface area contributed by atoms with Crippen LogP contribution >= 0.6 is 23.2 Å². The third-order valence-electron chi connectivity index (χ3n) is 4.60. The first-order valence-electron chi connectivity index (χ1n) is 8.38. The molecule has 0 spiro atoms. The summed E-state index contributed by atoms with van der Waals surface area (Å²) in [6, 6.07) is 5.34. The summed E-state index contributed by atoms with van der Waals surface area (Å²) in [6.07, 6.45) is 2.89. The van der Waals surface area contributed by atoms with Crippen LogP contribution in [0.1, 0.15) is 24.4 Å². The number of benzene rings is 1. The van der Waals surface area contributed by atoms with Crippen molar-refractivity contribution in [1.29, 1.82) is 0 Å². The van der Waals surface area contributed by atoms with E-state index in [2.05, 4.69) is 5.10 Å². The van der Waals surface area contributed by atoms with Gasteiger partial charge in [-0.3, -0.25) is 9.59 Å². The van der Waals surface area contributed by atoms with Gasteiger partial charge >= 0.3 is 0 Å². The molecular formula is C18H19Cl2N3O4. The van der Waals surface area contributed by atoms with Crippen LogP contribution in [0.3, 0.4) is 0 Å². The lowest BCUT2D eigenvalue weighted by Crippen LogP contribution is -2.37. The summed E-state index contributed by atoms with van der Waals surface area (Å²) in [4.78, 5) is 26.8. The standard InChI is InChI=1S/C18H19Cl2N3O4/c1-26-11-5-6-15(27-2)12(8-11)14-4-3-7-22(14)16(24)10-23-18(25)17(20)13(19)9-21-23/h5-6,8-9,14H,3-4,7,10H2,1-2H3/t14-/m1/s1. The third kappa shape index (κ3) is 3.89. The Morgan fingerprint density at radius 2 is 2.07 bits per heavy atom. The molecule has 1 aromatic carbocycles. The Morgan fingerprint density at radius 3 is 2.78 bits per heavy atom. The number of hydrogen-bond donors (Lipinski definition) is 0. The minimum absolute atomic E-state index is 0.0607. The van der Waals surface area contributed by atoms with Crippen molar-refractivity contribution in [2.45, 2.75) is 25.4 Å². The van der Waals surface area contributed by atoms with Gasteiger partial charge in [-0.25, -0.2) is 4.68 Å². The molecule has 7 nitrogen and oxygen atoms in total. The minimum atomic E-state index is -0.591. The van der Waals surface area contributed by atoms with Crippen LogP contribution in [0.15, 0.2) is 29.2 Å². The summed E-state index contributed by atoms with van der Waals surface area (Å²) in [5, 5.41) is 3.82. The average molecular weight is 412 g/mol. The summed E-state index contributed by atoms with van der Waals surface area (Å²) >= 11 is 11.6. The van der Waals surface area contributed by atoms with Crippen LogP contribution in [-0.4, -0.2) is 41.4 Å². The molecule has 3 rings (SSSR count). The molecule has 0 bridgehead atoms. The summed E-state index contributed by atoms with van der Waals surface area (Å²) < 4.78 is 11.8. The monoisotopic (exact) mass is 411 g/mol. The number of aromatic nitrogens is 2. The molecule has 2 heterocycles. The molecule has 1 atom stereocenters. The highest BCUT2D eigenvalue weighted by atomic mass is 35.5. The molecule has 0 radical (unpaired) electrons. The van der Waals surface area contributed by atoms with Gasteiger partial charge in [0.1, 0.15) is 23.1 Å². The van der Waals surface area contributed by atoms with Gasteiger partial charge in [0.05, 0.1) is 31.5 Å². The van der Waals surface area contributed by atoms with Crippen molar-refractivity contribution in [3.8, 4) is 11.5 Å². The van der Waals surface area contributed by atoms with E-state index >= 15 is 0 Å². The zero-order valence-electron chi connectivity index (χ0n) is 14.9. The molecule has 1 aliphatic rings. The lowest BCUT2D eigenvalue weighted by molar-refractivity contribution is -0.133. The van der Waals surface area contributed by atoms with E-state index in [1.165, 1.54) is 6.20 Å². The number of hydrogen-bond acceptors (Lipinski definition) is 5. The molecule has 27 heavy (non-hydrogen) atoms. The van der Waals surface area contributed by atoms with Crippen molar-refractivity contribution in [3.63, 3.8) is 0 Å². The fraction of sp³-hybridized carbons (Fsp3) is 0.389. The largest absolute Gasteiger partial charge is 0.497 e. The highest BCUT2D eigenvalue weighted by molar-refractivity contribution is 6.41. The minimum Gasteiger partial charge on any atom is -0.497 e. The second-order valence-electron chi connectivity index (χ2n) is 6.12. The number of halogens is 2. The van der Waals surface area contributed by atoms with Crippen LogP contribution in [0.25, 0.3) is 0 Å². The van der Waals surface area contributed by atoms with Gasteiger partial charge in [-0.15, -0.1) is 0 Å². The van der Waals surface area contributed by atoms with Crippen molar-refractivity contribution in [2.24, 2.45) is 0 Å². The van der Waals surface area contributed by atoms with Crippen molar-refractivity contribution < 1.29 is 14.3 Å². The van der Waals surface area contributed by atoms with Crippen LogP contribution in [0.2, 0.25) is 10.0 Å². The molecule has 1 amide bonds. The Morgan fingerprint density at radius 1 is 1.30 bits per heavy atom. The van der Waals surface area contributed by atoms with Crippen molar-refractivity contribution in [2.75, 3.05) is 20.8 Å². The number of nitrogens with zero attached hydrogens (tertiary/aromatic N) is 3. The summed E-state index contributed by atoms with van der Waals surface area (Å²) in [6.45, 7) is 0.373. The molecule has 1 aliphatic heterocycles. The molecule has 0 unspecified atom stereocenters. The number of likely N-dealkylation sites (tertiary alicyclic amines) is 1. The van der Waals surface area contributed by atoms with E-state index in [1.54, 1.807) is 19.1 Å². The fourth-order valence-corrected chi connectivity index (χ4v) is 3.54. The maximum Gasteiger partial charge on any atom is 0.287 e.